The molecule has 4 heteroatoms. The summed E-state index contributed by atoms with van der Waals surface area (Å²) in [6, 6.07) is 6.43. The van der Waals surface area contributed by atoms with Crippen LogP contribution in [0.4, 0.5) is 0 Å². The van der Waals surface area contributed by atoms with Crippen molar-refractivity contribution in [1.29, 1.82) is 5.41 Å². The van der Waals surface area contributed by atoms with Crippen LogP contribution in [0.15, 0.2) is 18.2 Å². The van der Waals surface area contributed by atoms with Crippen molar-refractivity contribution in [2.75, 3.05) is 7.11 Å². The van der Waals surface area contributed by atoms with E-state index in [1.807, 2.05) is 0 Å². The van der Waals surface area contributed by atoms with E-state index in [0.29, 0.717) is 0 Å². The van der Waals surface area contributed by atoms with E-state index in [9.17, 15) is 5.11 Å². The summed E-state index contributed by atoms with van der Waals surface area (Å²) in [5, 5.41) is 18.4. The average Bonchev–Trinajstić information content (AvgIpc) is 2.86. The predicted octanol–water partition coefficient (Wildman–Crippen LogP) is 3.52. The summed E-state index contributed by atoms with van der Waals surface area (Å²) in [7, 11) is 1.45. The summed E-state index contributed by atoms with van der Waals surface area (Å²) in [5.41, 5.74) is 3.22. The third-order valence-electron chi connectivity index (χ3n) is 4.28. The van der Waals surface area contributed by atoms with Crippen molar-refractivity contribution in [3.8, 4) is 0 Å². The number of nitrogens with one attached hydrogen (secondary N) is 1. The number of aliphatic hydroxyl groups excluding tert-OH is 1. The molecule has 0 heterocycles. The normalized spacial score (nSPS) is 18.2. The average molecular weight is 298 g/mol. The molecule has 112 valence electrons. The Balaban J connectivity index is 0.00000200. The van der Waals surface area contributed by atoms with Crippen LogP contribution in [-0.4, -0.2) is 24.2 Å². The molecule has 1 aromatic rings. The Bertz CT molecular complexity index is 461. The molecule has 1 aliphatic carbocycles. The Morgan fingerprint density at radius 3 is 2.15 bits per heavy atom. The van der Waals surface area contributed by atoms with E-state index in [1.54, 1.807) is 0 Å². The van der Waals surface area contributed by atoms with Crippen molar-refractivity contribution in [2.45, 2.75) is 51.0 Å². The number of methoxy groups -OCH3 is 1. The van der Waals surface area contributed by atoms with Crippen molar-refractivity contribution in [1.82, 2.24) is 0 Å². The number of halogens is 1. The predicted molar refractivity (Wildman–Crippen MR) is 84.1 cm³/mol. The van der Waals surface area contributed by atoms with Gasteiger partial charge in [0.15, 0.2) is 0 Å². The van der Waals surface area contributed by atoms with Gasteiger partial charge >= 0.3 is 0 Å². The van der Waals surface area contributed by atoms with Crippen LogP contribution in [0.1, 0.15) is 42.4 Å². The first kappa shape index (κ1) is 17.0. The molecule has 1 fully saturated rings. The fraction of sp³-hybridized carbons (Fsp3) is 0.562. The molecule has 1 unspecified atom stereocenters. The van der Waals surface area contributed by atoms with Gasteiger partial charge in [0.2, 0.25) is 5.90 Å². The van der Waals surface area contributed by atoms with Gasteiger partial charge in [0.05, 0.1) is 7.11 Å². The number of rotatable bonds is 3. The third kappa shape index (κ3) is 2.99. The fourth-order valence-electron chi connectivity index (χ4n) is 3.35. The molecule has 1 aromatic carbocycles. The van der Waals surface area contributed by atoms with E-state index in [2.05, 4.69) is 32.0 Å². The monoisotopic (exact) mass is 297 g/mol. The highest BCUT2D eigenvalue weighted by Gasteiger charge is 2.44. The zero-order valence-electron chi connectivity index (χ0n) is 12.4. The smallest absolute Gasteiger partial charge is 0.210 e. The Kier molecular flexibility index (Phi) is 5.60. The molecule has 20 heavy (non-hydrogen) atoms. The lowest BCUT2D eigenvalue weighted by atomic mass is 9.73. The van der Waals surface area contributed by atoms with E-state index in [0.717, 1.165) is 31.2 Å². The van der Waals surface area contributed by atoms with Gasteiger partial charge in [-0.2, -0.15) is 0 Å². The minimum Gasteiger partial charge on any atom is -0.483 e. The summed E-state index contributed by atoms with van der Waals surface area (Å²) in [5.74, 6) is -0.0268. The maximum Gasteiger partial charge on any atom is 0.210 e. The number of hydrogen-bond donors (Lipinski definition) is 2. The van der Waals surface area contributed by atoms with Crippen LogP contribution in [0.3, 0.4) is 0 Å². The highest BCUT2D eigenvalue weighted by Crippen LogP contribution is 2.44. The molecule has 1 aliphatic rings. The fourth-order valence-corrected chi connectivity index (χ4v) is 3.35. The van der Waals surface area contributed by atoms with Crippen LogP contribution < -0.4 is 0 Å². The van der Waals surface area contributed by atoms with Crippen molar-refractivity contribution < 1.29 is 9.84 Å². The molecular weight excluding hydrogens is 274 g/mol. The van der Waals surface area contributed by atoms with Crippen LogP contribution in [0.5, 0.6) is 0 Å². The van der Waals surface area contributed by atoms with Gasteiger partial charge in [0.25, 0.3) is 0 Å². The Labute approximate surface area is 127 Å². The maximum absolute atomic E-state index is 10.6. The highest BCUT2D eigenvalue weighted by atomic mass is 35.5. The van der Waals surface area contributed by atoms with Crippen LogP contribution in [0.25, 0.3) is 0 Å². The second kappa shape index (κ2) is 6.59. The van der Waals surface area contributed by atoms with E-state index in [-0.39, 0.29) is 23.7 Å². The first-order valence-electron chi connectivity index (χ1n) is 6.89. The van der Waals surface area contributed by atoms with E-state index in [4.69, 9.17) is 10.1 Å². The second-order valence-corrected chi connectivity index (χ2v) is 5.71. The Morgan fingerprint density at radius 1 is 1.20 bits per heavy atom. The summed E-state index contributed by atoms with van der Waals surface area (Å²) in [6.45, 7) is 4.15. The second-order valence-electron chi connectivity index (χ2n) is 5.71. The summed E-state index contributed by atoms with van der Waals surface area (Å²) in [6.07, 6.45) is 3.19. The number of ether oxygens (including phenoxy) is 1. The van der Waals surface area contributed by atoms with Gasteiger partial charge in [-0.1, -0.05) is 42.2 Å². The van der Waals surface area contributed by atoms with Gasteiger partial charge < -0.3 is 9.84 Å². The van der Waals surface area contributed by atoms with E-state index >= 15 is 0 Å². The number of hydrogen-bond acceptors (Lipinski definition) is 3. The maximum atomic E-state index is 10.6. The molecule has 2 N–H and O–H groups in total. The molecular formula is C16H24ClNO2. The quantitative estimate of drug-likeness (QED) is 0.662. The molecule has 1 atom stereocenters. The standard InChI is InChI=1S/C16H23NO2.ClH/c1-11-8-12(2)10-13(9-11)16(6-4-5-7-16)14(18)15(17)19-3;/h8-10,14,17-18H,4-7H2,1-3H3;1H. The Hall–Kier alpha value is -1.06. The number of benzene rings is 1. The highest BCUT2D eigenvalue weighted by molar-refractivity contribution is 5.85. The molecule has 0 saturated heterocycles. The molecule has 3 nitrogen and oxygen atoms in total. The minimum atomic E-state index is -0.846. The lowest BCUT2D eigenvalue weighted by molar-refractivity contribution is 0.116. The van der Waals surface area contributed by atoms with Crippen LogP contribution in [0.2, 0.25) is 0 Å². The van der Waals surface area contributed by atoms with Crippen LogP contribution in [-0.2, 0) is 10.2 Å². The van der Waals surface area contributed by atoms with Crippen molar-refractivity contribution in [2.24, 2.45) is 0 Å². The van der Waals surface area contributed by atoms with E-state index < -0.39 is 6.10 Å². The van der Waals surface area contributed by atoms with Crippen molar-refractivity contribution >= 4 is 18.3 Å². The third-order valence-corrected chi connectivity index (χ3v) is 4.28. The van der Waals surface area contributed by atoms with Gasteiger partial charge in [-0.25, -0.2) is 0 Å². The summed E-state index contributed by atoms with van der Waals surface area (Å²) >= 11 is 0. The summed E-state index contributed by atoms with van der Waals surface area (Å²) < 4.78 is 4.96. The zero-order chi connectivity index (χ0) is 14.0. The zero-order valence-corrected chi connectivity index (χ0v) is 13.2. The van der Waals surface area contributed by atoms with Gasteiger partial charge in [0.1, 0.15) is 6.10 Å². The van der Waals surface area contributed by atoms with Gasteiger partial charge in [-0.05, 0) is 32.3 Å². The first-order valence-corrected chi connectivity index (χ1v) is 6.89. The SMILES string of the molecule is COC(=N)C(O)C1(c2cc(C)cc(C)c2)CCCC1.Cl. The summed E-state index contributed by atoms with van der Waals surface area (Å²) in [4.78, 5) is 0. The molecule has 2 rings (SSSR count). The van der Waals surface area contributed by atoms with Gasteiger partial charge in [-0.15, -0.1) is 12.4 Å². The molecule has 0 bridgehead atoms. The Morgan fingerprint density at radius 2 is 1.70 bits per heavy atom. The lowest BCUT2D eigenvalue weighted by Gasteiger charge is -2.34. The van der Waals surface area contributed by atoms with Gasteiger partial charge in [0, 0.05) is 5.41 Å². The number of aryl methyl sites for hydroxylation is 2. The molecule has 0 aromatic heterocycles. The molecule has 0 amide bonds. The number of aliphatic hydroxyl groups is 1. The topological polar surface area (TPSA) is 53.3 Å². The molecule has 0 spiro atoms. The molecule has 0 radical (unpaired) electrons. The first-order chi connectivity index (χ1) is 8.99. The van der Waals surface area contributed by atoms with Crippen molar-refractivity contribution in [3.63, 3.8) is 0 Å². The largest absolute Gasteiger partial charge is 0.483 e. The molecule has 1 saturated carbocycles. The van der Waals surface area contributed by atoms with Crippen LogP contribution in [0, 0.1) is 19.3 Å². The van der Waals surface area contributed by atoms with Crippen LogP contribution >= 0.6 is 12.4 Å². The van der Waals surface area contributed by atoms with Crippen molar-refractivity contribution in [3.05, 3.63) is 34.9 Å². The lowest BCUT2D eigenvalue weighted by Crippen LogP contribution is -2.43. The van der Waals surface area contributed by atoms with Gasteiger partial charge in [-0.3, -0.25) is 5.41 Å². The molecule has 0 aliphatic heterocycles. The van der Waals surface area contributed by atoms with E-state index in [1.165, 1.54) is 18.2 Å². The minimum absolute atomic E-state index is 0.